The summed E-state index contributed by atoms with van der Waals surface area (Å²) in [5.74, 6) is -0.936. The molecule has 4 aromatic rings. The lowest BCUT2D eigenvalue weighted by Gasteiger charge is -2.40. The highest BCUT2D eigenvalue weighted by Gasteiger charge is 2.35. The van der Waals surface area contributed by atoms with Crippen LogP contribution in [0, 0.1) is 24.5 Å². The number of anilines is 1. The van der Waals surface area contributed by atoms with Gasteiger partial charge < -0.3 is 14.6 Å². The van der Waals surface area contributed by atoms with Crippen molar-refractivity contribution < 1.29 is 18.0 Å². The van der Waals surface area contributed by atoms with Gasteiger partial charge in [-0.25, -0.2) is 18.7 Å². The number of nitrogens with one attached hydrogen (secondary N) is 1. The SMILES string of the molecule is Cc1ccc(F)c(C(=O)N2CCC[C@@H](C)[C@H]2CNc2nc3ccc(F)cc3o2)c1-c1ncccn1. The zero-order chi connectivity index (χ0) is 24.5. The van der Waals surface area contributed by atoms with E-state index in [-0.39, 0.29) is 23.5 Å². The van der Waals surface area contributed by atoms with Crippen molar-refractivity contribution in [3.8, 4) is 11.4 Å². The molecule has 1 amide bonds. The average molecular weight is 478 g/mol. The minimum atomic E-state index is -0.603. The van der Waals surface area contributed by atoms with Crippen LogP contribution in [-0.4, -0.2) is 44.9 Å². The molecule has 7 nitrogen and oxygen atoms in total. The first-order valence-electron chi connectivity index (χ1n) is 11.6. The fraction of sp³-hybridized carbons (Fsp3) is 0.308. The number of nitrogens with zero attached hydrogens (tertiary/aromatic N) is 4. The van der Waals surface area contributed by atoms with Crippen molar-refractivity contribution in [2.75, 3.05) is 18.4 Å². The summed E-state index contributed by atoms with van der Waals surface area (Å²) >= 11 is 0. The quantitative estimate of drug-likeness (QED) is 0.424. The van der Waals surface area contributed by atoms with Crippen LogP contribution in [0.25, 0.3) is 22.5 Å². The Labute approximate surface area is 201 Å². The van der Waals surface area contributed by atoms with E-state index < -0.39 is 17.5 Å². The Morgan fingerprint density at radius 3 is 2.80 bits per heavy atom. The van der Waals surface area contributed by atoms with Gasteiger partial charge in [-0.3, -0.25) is 4.79 Å². The Morgan fingerprint density at radius 2 is 2.00 bits per heavy atom. The van der Waals surface area contributed by atoms with Crippen LogP contribution >= 0.6 is 0 Å². The van der Waals surface area contributed by atoms with Crippen molar-refractivity contribution in [1.29, 1.82) is 0 Å². The molecule has 3 heterocycles. The second-order valence-electron chi connectivity index (χ2n) is 8.88. The fourth-order valence-electron chi connectivity index (χ4n) is 4.73. The van der Waals surface area contributed by atoms with Crippen molar-refractivity contribution in [2.45, 2.75) is 32.7 Å². The monoisotopic (exact) mass is 477 g/mol. The van der Waals surface area contributed by atoms with E-state index in [1.807, 2.05) is 6.92 Å². The second-order valence-corrected chi connectivity index (χ2v) is 8.88. The molecule has 0 unspecified atom stereocenters. The molecular weight excluding hydrogens is 452 g/mol. The van der Waals surface area contributed by atoms with Gasteiger partial charge in [-0.15, -0.1) is 0 Å². The molecule has 9 heteroatoms. The number of likely N-dealkylation sites (tertiary alicyclic amines) is 1. The first kappa shape index (κ1) is 22.9. The van der Waals surface area contributed by atoms with Crippen molar-refractivity contribution in [2.24, 2.45) is 5.92 Å². The van der Waals surface area contributed by atoms with Crippen molar-refractivity contribution in [1.82, 2.24) is 19.9 Å². The van der Waals surface area contributed by atoms with E-state index in [1.54, 1.807) is 35.5 Å². The van der Waals surface area contributed by atoms with Crippen LogP contribution in [0.3, 0.4) is 0 Å². The number of oxazole rings is 1. The number of aryl methyl sites for hydroxylation is 1. The van der Waals surface area contributed by atoms with Gasteiger partial charge in [-0.2, -0.15) is 4.98 Å². The number of halogens is 2. The summed E-state index contributed by atoms with van der Waals surface area (Å²) < 4.78 is 34.3. The van der Waals surface area contributed by atoms with Crippen LogP contribution in [0.5, 0.6) is 0 Å². The Hall–Kier alpha value is -3.88. The molecular formula is C26H25F2N5O2. The van der Waals surface area contributed by atoms with Crippen LogP contribution in [0.15, 0.2) is 53.2 Å². The van der Waals surface area contributed by atoms with Gasteiger partial charge in [0.15, 0.2) is 11.4 Å². The van der Waals surface area contributed by atoms with E-state index in [1.165, 1.54) is 18.2 Å². The van der Waals surface area contributed by atoms with Crippen molar-refractivity contribution in [3.05, 3.63) is 71.6 Å². The maximum atomic E-state index is 15.2. The van der Waals surface area contributed by atoms with Gasteiger partial charge in [-0.05, 0) is 55.5 Å². The predicted molar refractivity (Wildman–Crippen MR) is 128 cm³/mol. The summed E-state index contributed by atoms with van der Waals surface area (Å²) in [5, 5.41) is 3.15. The summed E-state index contributed by atoms with van der Waals surface area (Å²) in [6.07, 6.45) is 4.89. The number of fused-ring (bicyclic) bond motifs is 1. The number of benzene rings is 2. The number of carbonyl (C=O) groups is 1. The summed E-state index contributed by atoms with van der Waals surface area (Å²) in [5.41, 5.74) is 1.98. The number of rotatable bonds is 5. The number of carbonyl (C=O) groups excluding carboxylic acids is 1. The maximum absolute atomic E-state index is 15.2. The Balaban J connectivity index is 1.45. The Bertz CT molecular complexity index is 1380. The number of hydrogen-bond acceptors (Lipinski definition) is 6. The Morgan fingerprint density at radius 1 is 1.20 bits per heavy atom. The summed E-state index contributed by atoms with van der Waals surface area (Å²) in [6.45, 7) is 4.74. The van der Waals surface area contributed by atoms with Crippen LogP contribution in [0.2, 0.25) is 0 Å². The molecule has 180 valence electrons. The van der Waals surface area contributed by atoms with E-state index in [9.17, 15) is 9.18 Å². The molecule has 2 aromatic carbocycles. The van der Waals surface area contributed by atoms with Gasteiger partial charge in [0.05, 0.1) is 11.6 Å². The van der Waals surface area contributed by atoms with Gasteiger partial charge in [0, 0.05) is 37.1 Å². The van der Waals surface area contributed by atoms with E-state index in [0.717, 1.165) is 18.4 Å². The van der Waals surface area contributed by atoms with Gasteiger partial charge in [0.2, 0.25) is 0 Å². The fourth-order valence-corrected chi connectivity index (χ4v) is 4.73. The molecule has 5 rings (SSSR count). The van der Waals surface area contributed by atoms with Crippen LogP contribution in [-0.2, 0) is 0 Å². The molecule has 2 aromatic heterocycles. The van der Waals surface area contributed by atoms with E-state index in [4.69, 9.17) is 4.42 Å². The average Bonchev–Trinajstić information content (AvgIpc) is 3.26. The number of piperidine rings is 1. The van der Waals surface area contributed by atoms with Gasteiger partial charge in [0.25, 0.3) is 11.9 Å². The number of amides is 1. The van der Waals surface area contributed by atoms with Crippen LogP contribution < -0.4 is 5.32 Å². The second kappa shape index (κ2) is 9.40. The third kappa shape index (κ3) is 4.45. The van der Waals surface area contributed by atoms with Crippen LogP contribution in [0.4, 0.5) is 14.8 Å². The smallest absolute Gasteiger partial charge is 0.295 e. The molecule has 0 radical (unpaired) electrons. The lowest BCUT2D eigenvalue weighted by molar-refractivity contribution is 0.0535. The molecule has 1 aliphatic rings. The van der Waals surface area contributed by atoms with E-state index in [0.29, 0.717) is 35.6 Å². The largest absolute Gasteiger partial charge is 0.423 e. The zero-order valence-electron chi connectivity index (χ0n) is 19.5. The Kier molecular flexibility index (Phi) is 6.15. The lowest BCUT2D eigenvalue weighted by Crippen LogP contribution is -2.51. The van der Waals surface area contributed by atoms with Gasteiger partial charge in [0.1, 0.15) is 17.2 Å². The van der Waals surface area contributed by atoms with Gasteiger partial charge in [-0.1, -0.05) is 13.0 Å². The highest BCUT2D eigenvalue weighted by atomic mass is 19.1. The third-order valence-electron chi connectivity index (χ3n) is 6.56. The first-order valence-corrected chi connectivity index (χ1v) is 11.6. The van der Waals surface area contributed by atoms with Crippen LogP contribution in [0.1, 0.15) is 35.7 Å². The summed E-state index contributed by atoms with van der Waals surface area (Å²) in [7, 11) is 0. The number of hydrogen-bond donors (Lipinski definition) is 1. The van der Waals surface area contributed by atoms with E-state index >= 15 is 4.39 Å². The molecule has 1 aliphatic heterocycles. The first-order chi connectivity index (χ1) is 16.9. The predicted octanol–water partition coefficient (Wildman–Crippen LogP) is 5.22. The maximum Gasteiger partial charge on any atom is 0.295 e. The topological polar surface area (TPSA) is 84.2 Å². The van der Waals surface area contributed by atoms with Crippen molar-refractivity contribution in [3.63, 3.8) is 0 Å². The molecule has 1 N–H and O–H groups in total. The van der Waals surface area contributed by atoms with Crippen molar-refractivity contribution >= 4 is 23.0 Å². The normalized spacial score (nSPS) is 18.1. The third-order valence-corrected chi connectivity index (χ3v) is 6.56. The molecule has 35 heavy (non-hydrogen) atoms. The summed E-state index contributed by atoms with van der Waals surface area (Å²) in [4.78, 5) is 28.4. The minimum absolute atomic E-state index is 0.0207. The molecule has 2 atom stereocenters. The molecule has 1 saturated heterocycles. The standard InChI is InChI=1S/C26H25F2N5O2/c1-15-5-3-12-33(20(15)14-31-26-32-19-9-7-17(27)13-21(19)35-26)25(34)23-18(28)8-6-16(2)22(23)24-29-10-4-11-30-24/h4,6-11,13,15,20H,3,5,12,14H2,1-2H3,(H,31,32)/t15-,20-/m1/s1. The lowest BCUT2D eigenvalue weighted by atomic mass is 9.89. The molecule has 0 saturated carbocycles. The highest BCUT2D eigenvalue weighted by Crippen LogP contribution is 2.32. The van der Waals surface area contributed by atoms with Gasteiger partial charge >= 0.3 is 0 Å². The zero-order valence-corrected chi connectivity index (χ0v) is 19.5. The molecule has 1 fully saturated rings. The van der Waals surface area contributed by atoms with E-state index in [2.05, 4.69) is 27.2 Å². The molecule has 0 aliphatic carbocycles. The summed E-state index contributed by atoms with van der Waals surface area (Å²) in [6, 6.07) is 8.78. The molecule has 0 bridgehead atoms. The minimum Gasteiger partial charge on any atom is -0.423 e. The number of aromatic nitrogens is 3. The highest BCUT2D eigenvalue weighted by molar-refractivity contribution is 6.01. The molecule has 0 spiro atoms.